The van der Waals surface area contributed by atoms with Crippen LogP contribution in [0.1, 0.15) is 21.6 Å². The van der Waals surface area contributed by atoms with Gasteiger partial charge in [0.05, 0.1) is 0 Å². The SMILES string of the molecule is O=C(S)c1ncccc1Cc1ccccc1. The highest BCUT2D eigenvalue weighted by Crippen LogP contribution is 2.13. The zero-order valence-electron chi connectivity index (χ0n) is 8.63. The summed E-state index contributed by atoms with van der Waals surface area (Å²) in [5, 5.41) is -0.286. The maximum absolute atomic E-state index is 11.3. The molecule has 0 saturated carbocycles. The van der Waals surface area contributed by atoms with E-state index in [1.54, 1.807) is 6.20 Å². The first-order valence-corrected chi connectivity index (χ1v) is 5.43. The van der Waals surface area contributed by atoms with Gasteiger partial charge in [0.2, 0.25) is 5.12 Å². The Morgan fingerprint density at radius 1 is 1.12 bits per heavy atom. The molecule has 1 aromatic heterocycles. The molecule has 0 atom stereocenters. The Morgan fingerprint density at radius 2 is 1.88 bits per heavy atom. The van der Waals surface area contributed by atoms with Crippen LogP contribution in [0.5, 0.6) is 0 Å². The number of rotatable bonds is 3. The molecule has 0 bridgehead atoms. The molecular weight excluding hydrogens is 218 g/mol. The minimum atomic E-state index is -0.286. The van der Waals surface area contributed by atoms with Gasteiger partial charge in [-0.05, 0) is 23.6 Å². The second-order valence-electron chi connectivity index (χ2n) is 3.48. The fraction of sp³-hybridized carbons (Fsp3) is 0.0769. The van der Waals surface area contributed by atoms with E-state index < -0.39 is 0 Å². The molecule has 0 aliphatic heterocycles. The highest BCUT2D eigenvalue weighted by atomic mass is 32.1. The number of thiol groups is 1. The van der Waals surface area contributed by atoms with Crippen LogP contribution < -0.4 is 0 Å². The topological polar surface area (TPSA) is 30.0 Å². The Kier molecular flexibility index (Phi) is 3.37. The monoisotopic (exact) mass is 229 g/mol. The average Bonchev–Trinajstić information content (AvgIpc) is 2.31. The predicted octanol–water partition coefficient (Wildman–Crippen LogP) is 2.74. The van der Waals surface area contributed by atoms with Crippen LogP contribution in [-0.2, 0) is 6.42 Å². The Balaban J connectivity index is 2.31. The van der Waals surface area contributed by atoms with Crippen molar-refractivity contribution in [3.05, 3.63) is 65.5 Å². The van der Waals surface area contributed by atoms with E-state index in [4.69, 9.17) is 0 Å². The summed E-state index contributed by atoms with van der Waals surface area (Å²) < 4.78 is 0. The summed E-state index contributed by atoms with van der Waals surface area (Å²) in [6, 6.07) is 13.7. The fourth-order valence-corrected chi connectivity index (χ4v) is 1.79. The molecule has 2 nitrogen and oxygen atoms in total. The Labute approximate surface area is 99.8 Å². The lowest BCUT2D eigenvalue weighted by atomic mass is 10.0. The summed E-state index contributed by atoms with van der Waals surface area (Å²) in [4.78, 5) is 15.3. The Bertz CT molecular complexity index is 496. The van der Waals surface area contributed by atoms with E-state index in [1.807, 2.05) is 42.5 Å². The van der Waals surface area contributed by atoms with Gasteiger partial charge in [-0.2, -0.15) is 0 Å². The third-order valence-electron chi connectivity index (χ3n) is 2.33. The fourth-order valence-electron chi connectivity index (χ4n) is 1.59. The van der Waals surface area contributed by atoms with Gasteiger partial charge < -0.3 is 0 Å². The second-order valence-corrected chi connectivity index (χ2v) is 3.88. The molecule has 0 spiro atoms. The predicted molar refractivity (Wildman–Crippen MR) is 66.8 cm³/mol. The molecule has 16 heavy (non-hydrogen) atoms. The Morgan fingerprint density at radius 3 is 2.56 bits per heavy atom. The summed E-state index contributed by atoms with van der Waals surface area (Å²) >= 11 is 3.82. The van der Waals surface area contributed by atoms with Gasteiger partial charge in [0.1, 0.15) is 5.69 Å². The Hall–Kier alpha value is -1.61. The van der Waals surface area contributed by atoms with E-state index in [0.717, 1.165) is 11.1 Å². The molecule has 0 amide bonds. The number of carbonyl (C=O) groups is 1. The number of hydrogen-bond donors (Lipinski definition) is 1. The number of nitrogens with zero attached hydrogens (tertiary/aromatic N) is 1. The molecule has 2 rings (SSSR count). The average molecular weight is 229 g/mol. The second kappa shape index (κ2) is 4.94. The van der Waals surface area contributed by atoms with Crippen molar-refractivity contribution in [2.45, 2.75) is 6.42 Å². The van der Waals surface area contributed by atoms with Crippen LogP contribution >= 0.6 is 12.6 Å². The van der Waals surface area contributed by atoms with E-state index >= 15 is 0 Å². The molecular formula is C13H11NOS. The van der Waals surface area contributed by atoms with Crippen molar-refractivity contribution in [1.29, 1.82) is 0 Å². The number of hydrogen-bond acceptors (Lipinski definition) is 2. The smallest absolute Gasteiger partial charge is 0.234 e. The lowest BCUT2D eigenvalue weighted by molar-refractivity contribution is 0.108. The summed E-state index contributed by atoms with van der Waals surface area (Å²) in [7, 11) is 0. The van der Waals surface area contributed by atoms with Crippen molar-refractivity contribution in [1.82, 2.24) is 4.98 Å². The number of pyridine rings is 1. The molecule has 2 aromatic rings. The standard InChI is InChI=1S/C13H11NOS/c15-13(16)12-11(7-4-8-14-12)9-10-5-2-1-3-6-10/h1-8H,9H2,(H,15,16). The van der Waals surface area contributed by atoms with Crippen molar-refractivity contribution >= 4 is 17.7 Å². The van der Waals surface area contributed by atoms with E-state index in [1.165, 1.54) is 0 Å². The summed E-state index contributed by atoms with van der Waals surface area (Å²) in [5.41, 5.74) is 2.51. The first-order chi connectivity index (χ1) is 7.77. The van der Waals surface area contributed by atoms with Gasteiger partial charge in [0.25, 0.3) is 0 Å². The molecule has 1 aromatic carbocycles. The van der Waals surface area contributed by atoms with Crippen LogP contribution in [0, 0.1) is 0 Å². The summed E-state index contributed by atoms with van der Waals surface area (Å²) in [6.07, 6.45) is 2.31. The van der Waals surface area contributed by atoms with Crippen LogP contribution in [0.25, 0.3) is 0 Å². The summed E-state index contributed by atoms with van der Waals surface area (Å²) in [6.45, 7) is 0. The van der Waals surface area contributed by atoms with Crippen LogP contribution in [0.15, 0.2) is 48.7 Å². The largest absolute Gasteiger partial charge is 0.280 e. The molecule has 3 heteroatoms. The molecule has 0 aliphatic carbocycles. The third kappa shape index (κ3) is 2.49. The van der Waals surface area contributed by atoms with Crippen LogP contribution in [0.2, 0.25) is 0 Å². The highest BCUT2D eigenvalue weighted by Gasteiger charge is 2.08. The molecule has 0 radical (unpaired) electrons. The van der Waals surface area contributed by atoms with Crippen molar-refractivity contribution in [2.24, 2.45) is 0 Å². The van der Waals surface area contributed by atoms with E-state index in [9.17, 15) is 4.79 Å². The molecule has 1 heterocycles. The molecule has 0 N–H and O–H groups in total. The normalized spacial score (nSPS) is 10.1. The lowest BCUT2D eigenvalue weighted by Gasteiger charge is -2.05. The number of carbonyl (C=O) groups excluding carboxylic acids is 1. The quantitative estimate of drug-likeness (QED) is 0.820. The van der Waals surface area contributed by atoms with Gasteiger partial charge in [0, 0.05) is 6.20 Å². The van der Waals surface area contributed by atoms with Gasteiger partial charge in [0.15, 0.2) is 0 Å². The van der Waals surface area contributed by atoms with Crippen LogP contribution in [0.4, 0.5) is 0 Å². The van der Waals surface area contributed by atoms with Gasteiger partial charge in [-0.15, -0.1) is 0 Å². The first kappa shape index (κ1) is 10.9. The lowest BCUT2D eigenvalue weighted by Crippen LogP contribution is -2.01. The molecule has 80 valence electrons. The highest BCUT2D eigenvalue weighted by molar-refractivity contribution is 7.97. The number of aromatic nitrogens is 1. The van der Waals surface area contributed by atoms with Gasteiger partial charge >= 0.3 is 0 Å². The van der Waals surface area contributed by atoms with Gasteiger partial charge in [-0.3, -0.25) is 9.78 Å². The van der Waals surface area contributed by atoms with Crippen molar-refractivity contribution in [3.8, 4) is 0 Å². The third-order valence-corrected chi connectivity index (χ3v) is 2.54. The first-order valence-electron chi connectivity index (χ1n) is 4.98. The van der Waals surface area contributed by atoms with Gasteiger partial charge in [-0.1, -0.05) is 49.0 Å². The molecule has 0 fully saturated rings. The minimum Gasteiger partial charge on any atom is -0.280 e. The zero-order valence-corrected chi connectivity index (χ0v) is 9.52. The van der Waals surface area contributed by atoms with E-state index in [-0.39, 0.29) is 5.12 Å². The molecule has 0 aliphatic rings. The van der Waals surface area contributed by atoms with Gasteiger partial charge in [-0.25, -0.2) is 0 Å². The zero-order chi connectivity index (χ0) is 11.4. The van der Waals surface area contributed by atoms with E-state index in [0.29, 0.717) is 12.1 Å². The van der Waals surface area contributed by atoms with Crippen LogP contribution in [0.3, 0.4) is 0 Å². The van der Waals surface area contributed by atoms with E-state index in [2.05, 4.69) is 17.6 Å². The van der Waals surface area contributed by atoms with Crippen LogP contribution in [-0.4, -0.2) is 10.1 Å². The number of benzene rings is 1. The molecule has 0 unspecified atom stereocenters. The molecule has 0 saturated heterocycles. The van der Waals surface area contributed by atoms with Crippen molar-refractivity contribution in [2.75, 3.05) is 0 Å². The maximum atomic E-state index is 11.3. The maximum Gasteiger partial charge on any atom is 0.234 e. The minimum absolute atomic E-state index is 0.286. The van der Waals surface area contributed by atoms with Crippen molar-refractivity contribution in [3.63, 3.8) is 0 Å². The summed E-state index contributed by atoms with van der Waals surface area (Å²) in [5.74, 6) is 0. The van der Waals surface area contributed by atoms with Crippen molar-refractivity contribution < 1.29 is 4.79 Å².